The average Bonchev–Trinajstić information content (AvgIpc) is 2.35. The first kappa shape index (κ1) is 14.5. The van der Waals surface area contributed by atoms with E-state index in [9.17, 15) is 4.39 Å². The van der Waals surface area contributed by atoms with Crippen LogP contribution >= 0.6 is 11.8 Å². The summed E-state index contributed by atoms with van der Waals surface area (Å²) in [5, 5.41) is 0.0606. The van der Waals surface area contributed by atoms with Gasteiger partial charge in [-0.1, -0.05) is 30.0 Å². The number of nitrogens with zero attached hydrogens (tertiary/aromatic N) is 2. The molecule has 0 saturated heterocycles. The Morgan fingerprint density at radius 1 is 1.15 bits per heavy atom. The zero-order valence-corrected chi connectivity index (χ0v) is 11.8. The SMILES string of the molecule is CC(N)C(Sc1nc(N)cc(N)n1)c1ccccc1F. The summed E-state index contributed by atoms with van der Waals surface area (Å²) >= 11 is 1.25. The highest BCUT2D eigenvalue weighted by Crippen LogP contribution is 2.37. The molecule has 1 heterocycles. The quantitative estimate of drug-likeness (QED) is 0.588. The molecule has 1 aromatic heterocycles. The fourth-order valence-electron chi connectivity index (χ4n) is 1.79. The Balaban J connectivity index is 2.33. The van der Waals surface area contributed by atoms with Crippen LogP contribution in [0.5, 0.6) is 0 Å². The minimum atomic E-state index is -0.322. The van der Waals surface area contributed by atoms with Gasteiger partial charge in [-0.25, -0.2) is 14.4 Å². The largest absolute Gasteiger partial charge is 0.383 e. The number of hydrogen-bond acceptors (Lipinski definition) is 6. The summed E-state index contributed by atoms with van der Waals surface area (Å²) < 4.78 is 13.9. The van der Waals surface area contributed by atoms with Gasteiger partial charge >= 0.3 is 0 Å². The summed E-state index contributed by atoms with van der Waals surface area (Å²) in [6.45, 7) is 1.81. The standard InChI is InChI=1S/C13H16FN5S/c1-7(15)12(8-4-2-3-5-9(8)14)20-13-18-10(16)6-11(17)19-13/h2-7,12H,15H2,1H3,(H4,16,17,18,19). The molecule has 2 aromatic rings. The zero-order chi connectivity index (χ0) is 14.7. The van der Waals surface area contributed by atoms with Gasteiger partial charge in [0.05, 0.1) is 5.25 Å². The summed E-state index contributed by atoms with van der Waals surface area (Å²) in [5.74, 6) is 0.244. The average molecular weight is 293 g/mol. The van der Waals surface area contributed by atoms with Crippen molar-refractivity contribution >= 4 is 23.4 Å². The number of nitrogens with two attached hydrogens (primary N) is 3. The van der Waals surface area contributed by atoms with Crippen molar-refractivity contribution in [1.82, 2.24) is 9.97 Å². The number of rotatable bonds is 4. The van der Waals surface area contributed by atoms with Gasteiger partial charge in [-0.3, -0.25) is 0 Å². The van der Waals surface area contributed by atoms with Crippen molar-refractivity contribution in [2.24, 2.45) is 5.73 Å². The number of hydrogen-bond donors (Lipinski definition) is 3. The van der Waals surface area contributed by atoms with E-state index in [2.05, 4.69) is 9.97 Å². The zero-order valence-electron chi connectivity index (χ0n) is 11.0. The van der Waals surface area contributed by atoms with Crippen molar-refractivity contribution in [1.29, 1.82) is 0 Å². The molecule has 2 atom stereocenters. The second-order valence-corrected chi connectivity index (χ2v) is 5.53. The van der Waals surface area contributed by atoms with Crippen LogP contribution in [0.25, 0.3) is 0 Å². The Kier molecular flexibility index (Phi) is 4.41. The van der Waals surface area contributed by atoms with E-state index >= 15 is 0 Å². The molecule has 0 aliphatic heterocycles. The number of thioether (sulfide) groups is 1. The number of benzene rings is 1. The van der Waals surface area contributed by atoms with Gasteiger partial charge in [0.2, 0.25) is 0 Å². The Bertz CT molecular complexity index is 585. The van der Waals surface area contributed by atoms with E-state index in [0.717, 1.165) is 0 Å². The Hall–Kier alpha value is -1.86. The third-order valence-electron chi connectivity index (χ3n) is 2.67. The first-order chi connectivity index (χ1) is 9.47. The van der Waals surface area contributed by atoms with Crippen LogP contribution in [0.15, 0.2) is 35.5 Å². The van der Waals surface area contributed by atoms with Crippen molar-refractivity contribution in [2.45, 2.75) is 23.4 Å². The van der Waals surface area contributed by atoms with Crippen LogP contribution in [0, 0.1) is 5.82 Å². The molecular formula is C13H16FN5S. The van der Waals surface area contributed by atoms with Crippen molar-refractivity contribution in [3.63, 3.8) is 0 Å². The molecule has 0 bridgehead atoms. The summed E-state index contributed by atoms with van der Waals surface area (Å²) in [5.41, 5.74) is 17.7. The van der Waals surface area contributed by atoms with E-state index in [1.807, 2.05) is 0 Å². The van der Waals surface area contributed by atoms with Crippen LogP contribution in [0.4, 0.5) is 16.0 Å². The van der Waals surface area contributed by atoms with Crippen LogP contribution in [0.1, 0.15) is 17.7 Å². The van der Waals surface area contributed by atoms with Gasteiger partial charge in [0.25, 0.3) is 0 Å². The summed E-state index contributed by atoms with van der Waals surface area (Å²) in [6, 6.07) is 7.68. The van der Waals surface area contributed by atoms with Crippen LogP contribution in [-0.2, 0) is 0 Å². The second-order valence-electron chi connectivity index (χ2n) is 4.42. The van der Waals surface area contributed by atoms with Crippen LogP contribution in [-0.4, -0.2) is 16.0 Å². The van der Waals surface area contributed by atoms with Gasteiger partial charge in [0.15, 0.2) is 5.16 Å². The monoisotopic (exact) mass is 293 g/mol. The summed E-state index contributed by atoms with van der Waals surface area (Å²) in [6.07, 6.45) is 0. The molecule has 0 spiro atoms. The molecule has 1 aromatic carbocycles. The predicted octanol–water partition coefficient (Wildman–Crippen LogP) is 1.96. The van der Waals surface area contributed by atoms with E-state index in [1.165, 1.54) is 23.9 Å². The predicted molar refractivity (Wildman–Crippen MR) is 79.5 cm³/mol. The topological polar surface area (TPSA) is 104 Å². The fraction of sp³-hybridized carbons (Fsp3) is 0.231. The van der Waals surface area contributed by atoms with E-state index < -0.39 is 0 Å². The van der Waals surface area contributed by atoms with Crippen molar-refractivity contribution in [3.8, 4) is 0 Å². The minimum Gasteiger partial charge on any atom is -0.383 e. The molecule has 0 saturated carbocycles. The number of halogens is 1. The van der Waals surface area contributed by atoms with Crippen molar-refractivity contribution < 1.29 is 4.39 Å². The van der Waals surface area contributed by atoms with E-state index in [1.54, 1.807) is 25.1 Å². The lowest BCUT2D eigenvalue weighted by Gasteiger charge is -2.20. The van der Waals surface area contributed by atoms with E-state index in [0.29, 0.717) is 10.7 Å². The molecule has 2 unspecified atom stereocenters. The summed E-state index contributed by atoms with van der Waals surface area (Å²) in [7, 11) is 0. The van der Waals surface area contributed by atoms with Crippen molar-refractivity contribution in [3.05, 3.63) is 41.7 Å². The smallest absolute Gasteiger partial charge is 0.192 e. The number of aromatic nitrogens is 2. The first-order valence-corrected chi connectivity index (χ1v) is 6.92. The first-order valence-electron chi connectivity index (χ1n) is 6.04. The van der Waals surface area contributed by atoms with Crippen LogP contribution in [0.2, 0.25) is 0 Å². The molecule has 0 radical (unpaired) electrons. The van der Waals surface area contributed by atoms with Gasteiger partial charge in [0, 0.05) is 17.7 Å². The number of nitrogen functional groups attached to an aromatic ring is 2. The molecule has 5 nitrogen and oxygen atoms in total. The van der Waals surface area contributed by atoms with Crippen LogP contribution < -0.4 is 17.2 Å². The lowest BCUT2D eigenvalue weighted by molar-refractivity contribution is 0.592. The number of anilines is 2. The highest BCUT2D eigenvalue weighted by Gasteiger charge is 2.22. The van der Waals surface area contributed by atoms with Crippen LogP contribution in [0.3, 0.4) is 0 Å². The fourth-order valence-corrected chi connectivity index (χ4v) is 2.86. The van der Waals surface area contributed by atoms with E-state index in [-0.39, 0.29) is 28.7 Å². The lowest BCUT2D eigenvalue weighted by atomic mass is 10.1. The molecule has 7 heteroatoms. The Morgan fingerprint density at radius 2 is 1.75 bits per heavy atom. The molecule has 0 amide bonds. The molecular weight excluding hydrogens is 277 g/mol. The third-order valence-corrected chi connectivity index (χ3v) is 4.00. The molecule has 6 N–H and O–H groups in total. The maximum Gasteiger partial charge on any atom is 0.192 e. The van der Waals surface area contributed by atoms with Crippen molar-refractivity contribution in [2.75, 3.05) is 11.5 Å². The molecule has 0 fully saturated rings. The highest BCUT2D eigenvalue weighted by molar-refractivity contribution is 7.99. The van der Waals surface area contributed by atoms with Gasteiger partial charge < -0.3 is 17.2 Å². The Labute approximate surface area is 120 Å². The third kappa shape index (κ3) is 3.37. The molecule has 0 aliphatic carbocycles. The molecule has 106 valence electrons. The Morgan fingerprint density at radius 3 is 2.30 bits per heavy atom. The summed E-state index contributed by atoms with van der Waals surface area (Å²) in [4.78, 5) is 8.17. The van der Waals surface area contributed by atoms with Gasteiger partial charge in [-0.05, 0) is 13.0 Å². The maximum absolute atomic E-state index is 13.9. The van der Waals surface area contributed by atoms with Gasteiger partial charge in [0.1, 0.15) is 17.5 Å². The minimum absolute atomic E-state index is 0.275. The van der Waals surface area contributed by atoms with Gasteiger partial charge in [-0.2, -0.15) is 0 Å². The highest BCUT2D eigenvalue weighted by atomic mass is 32.2. The molecule has 20 heavy (non-hydrogen) atoms. The second kappa shape index (κ2) is 6.06. The van der Waals surface area contributed by atoms with E-state index in [4.69, 9.17) is 17.2 Å². The maximum atomic E-state index is 13.9. The van der Waals surface area contributed by atoms with Gasteiger partial charge in [-0.15, -0.1) is 0 Å². The lowest BCUT2D eigenvalue weighted by Crippen LogP contribution is -2.23. The normalized spacial score (nSPS) is 13.9. The molecule has 0 aliphatic rings. The molecule has 2 rings (SSSR count).